The highest BCUT2D eigenvalue weighted by molar-refractivity contribution is 7.92. The minimum Gasteiger partial charge on any atom is -0.264 e. The largest absolute Gasteiger partial charge is 0.264 e. The number of pyridine rings is 2. The maximum atomic E-state index is 12.3. The molecule has 6 heteroatoms. The summed E-state index contributed by atoms with van der Waals surface area (Å²) in [7, 11) is -3.56. The summed E-state index contributed by atoms with van der Waals surface area (Å²) in [6.07, 6.45) is 6.65. The number of nitrogens with zero attached hydrogens (tertiary/aromatic N) is 2. The zero-order valence-corrected chi connectivity index (χ0v) is 15.1. The van der Waals surface area contributed by atoms with Gasteiger partial charge in [0.1, 0.15) is 0 Å². The lowest BCUT2D eigenvalue weighted by atomic mass is 10.1. The van der Waals surface area contributed by atoms with Gasteiger partial charge in [0.25, 0.3) is 0 Å². The molecule has 0 bridgehead atoms. The van der Waals surface area contributed by atoms with Crippen LogP contribution < -0.4 is 4.72 Å². The Morgan fingerprint density at radius 2 is 1.81 bits per heavy atom. The molecule has 0 aliphatic rings. The van der Waals surface area contributed by atoms with Crippen LogP contribution in [0.15, 0.2) is 72.5 Å². The van der Waals surface area contributed by atoms with Crippen LogP contribution in [0.2, 0.25) is 0 Å². The van der Waals surface area contributed by atoms with Gasteiger partial charge in [0.2, 0.25) is 10.0 Å². The van der Waals surface area contributed by atoms with E-state index in [1.807, 2.05) is 49.4 Å². The molecule has 26 heavy (non-hydrogen) atoms. The van der Waals surface area contributed by atoms with Crippen molar-refractivity contribution in [3.8, 4) is 11.3 Å². The van der Waals surface area contributed by atoms with E-state index in [2.05, 4.69) is 14.7 Å². The van der Waals surface area contributed by atoms with Crippen molar-refractivity contribution in [3.05, 3.63) is 89.2 Å². The van der Waals surface area contributed by atoms with Crippen LogP contribution in [-0.4, -0.2) is 18.4 Å². The number of nitrogens with one attached hydrogen (secondary N) is 1. The molecule has 5 nitrogen and oxygen atoms in total. The van der Waals surface area contributed by atoms with E-state index in [1.54, 1.807) is 30.7 Å². The highest BCUT2D eigenvalue weighted by Crippen LogP contribution is 2.20. The van der Waals surface area contributed by atoms with Crippen molar-refractivity contribution in [1.29, 1.82) is 0 Å². The molecule has 3 aromatic rings. The third-order valence-corrected chi connectivity index (χ3v) is 4.85. The molecule has 132 valence electrons. The molecule has 0 atom stereocenters. The third kappa shape index (κ3) is 4.84. The number of sulfonamides is 1. The van der Waals surface area contributed by atoms with Gasteiger partial charge >= 0.3 is 0 Å². The van der Waals surface area contributed by atoms with Crippen LogP contribution in [-0.2, 0) is 16.6 Å². The molecular formula is C20H19N3O2S. The summed E-state index contributed by atoms with van der Waals surface area (Å²) in [4.78, 5) is 8.45. The maximum absolute atomic E-state index is 12.3. The molecule has 0 spiro atoms. The number of rotatable bonds is 6. The Morgan fingerprint density at radius 1 is 1.04 bits per heavy atom. The van der Waals surface area contributed by atoms with Crippen molar-refractivity contribution in [3.63, 3.8) is 0 Å². The molecule has 0 saturated carbocycles. The molecule has 2 heterocycles. The van der Waals surface area contributed by atoms with E-state index in [9.17, 15) is 8.42 Å². The van der Waals surface area contributed by atoms with Crippen molar-refractivity contribution >= 4 is 16.1 Å². The molecular weight excluding hydrogens is 346 g/mol. The summed E-state index contributed by atoms with van der Waals surface area (Å²) in [5.41, 5.74) is 4.30. The fourth-order valence-electron chi connectivity index (χ4n) is 2.42. The fraction of sp³-hybridized carbons (Fsp3) is 0.100. The van der Waals surface area contributed by atoms with E-state index >= 15 is 0 Å². The summed E-state index contributed by atoms with van der Waals surface area (Å²) in [5, 5.41) is 1.18. The highest BCUT2D eigenvalue weighted by atomic mass is 32.2. The standard InChI is InChI=1S/C20H19N3O2S/c1-16-6-8-17(9-7-16)10-13-26(24,25)23-15-19-5-3-12-22-20(19)18-4-2-11-21-14-18/h2-14,23H,15H2,1H3/b13-10+. The molecule has 0 amide bonds. The molecule has 2 aromatic heterocycles. The lowest BCUT2D eigenvalue weighted by Gasteiger charge is -2.09. The predicted octanol–water partition coefficient (Wildman–Crippen LogP) is 3.54. The Bertz CT molecular complexity index is 999. The van der Waals surface area contributed by atoms with Crippen LogP contribution in [0.25, 0.3) is 17.3 Å². The molecule has 0 fully saturated rings. The molecule has 3 rings (SSSR count). The van der Waals surface area contributed by atoms with Gasteiger partial charge in [0.05, 0.1) is 5.69 Å². The Hall–Kier alpha value is -2.83. The summed E-state index contributed by atoms with van der Waals surface area (Å²) in [5.74, 6) is 0. The van der Waals surface area contributed by atoms with Crippen LogP contribution in [0.3, 0.4) is 0 Å². The predicted molar refractivity (Wildman–Crippen MR) is 103 cm³/mol. The van der Waals surface area contributed by atoms with E-state index in [0.717, 1.165) is 22.3 Å². The number of hydrogen-bond acceptors (Lipinski definition) is 4. The Balaban J connectivity index is 1.73. The topological polar surface area (TPSA) is 72.0 Å². The van der Waals surface area contributed by atoms with E-state index in [-0.39, 0.29) is 6.54 Å². The summed E-state index contributed by atoms with van der Waals surface area (Å²) in [6, 6.07) is 15.0. The fourth-order valence-corrected chi connectivity index (χ4v) is 3.21. The van der Waals surface area contributed by atoms with Crippen LogP contribution in [0.1, 0.15) is 16.7 Å². The van der Waals surface area contributed by atoms with Gasteiger partial charge in [-0.3, -0.25) is 9.97 Å². The van der Waals surface area contributed by atoms with Gasteiger partial charge in [0.15, 0.2) is 0 Å². The van der Waals surface area contributed by atoms with Gasteiger partial charge in [-0.15, -0.1) is 0 Å². The van der Waals surface area contributed by atoms with Gasteiger partial charge in [-0.1, -0.05) is 35.9 Å². The van der Waals surface area contributed by atoms with Gasteiger partial charge in [-0.25, -0.2) is 13.1 Å². The number of aryl methyl sites for hydroxylation is 1. The van der Waals surface area contributed by atoms with Crippen LogP contribution in [0.4, 0.5) is 0 Å². The zero-order chi connectivity index (χ0) is 18.4. The first-order chi connectivity index (χ1) is 12.5. The Kier molecular flexibility index (Phi) is 5.55. The number of aromatic nitrogens is 2. The molecule has 0 aliphatic heterocycles. The van der Waals surface area contributed by atoms with E-state index < -0.39 is 10.0 Å². The summed E-state index contributed by atoms with van der Waals surface area (Å²) < 4.78 is 27.1. The lowest BCUT2D eigenvalue weighted by Crippen LogP contribution is -2.21. The average Bonchev–Trinajstić information content (AvgIpc) is 2.67. The van der Waals surface area contributed by atoms with Gasteiger partial charge in [0, 0.05) is 36.1 Å². The normalized spacial score (nSPS) is 11.7. The number of benzene rings is 1. The zero-order valence-electron chi connectivity index (χ0n) is 14.3. The number of hydrogen-bond donors (Lipinski definition) is 1. The average molecular weight is 365 g/mol. The Labute approximate surface area is 153 Å². The minimum atomic E-state index is -3.56. The van der Waals surface area contributed by atoms with Crippen molar-refractivity contribution in [2.24, 2.45) is 0 Å². The van der Waals surface area contributed by atoms with E-state index in [1.165, 1.54) is 5.41 Å². The van der Waals surface area contributed by atoms with Crippen molar-refractivity contribution < 1.29 is 8.42 Å². The quantitative estimate of drug-likeness (QED) is 0.725. The second kappa shape index (κ2) is 8.03. The van der Waals surface area contributed by atoms with Crippen LogP contribution in [0, 0.1) is 6.92 Å². The second-order valence-electron chi connectivity index (χ2n) is 5.83. The first-order valence-electron chi connectivity index (χ1n) is 8.12. The third-order valence-electron chi connectivity index (χ3n) is 3.81. The summed E-state index contributed by atoms with van der Waals surface area (Å²) >= 11 is 0. The van der Waals surface area contributed by atoms with Crippen molar-refractivity contribution in [2.45, 2.75) is 13.5 Å². The minimum absolute atomic E-state index is 0.151. The monoisotopic (exact) mass is 365 g/mol. The first kappa shape index (κ1) is 18.0. The molecule has 1 N–H and O–H groups in total. The van der Waals surface area contributed by atoms with Crippen LogP contribution >= 0.6 is 0 Å². The smallest absolute Gasteiger partial charge is 0.234 e. The summed E-state index contributed by atoms with van der Waals surface area (Å²) in [6.45, 7) is 2.14. The molecule has 0 saturated heterocycles. The molecule has 1 aromatic carbocycles. The van der Waals surface area contributed by atoms with E-state index in [4.69, 9.17) is 0 Å². The molecule has 0 unspecified atom stereocenters. The maximum Gasteiger partial charge on any atom is 0.234 e. The van der Waals surface area contributed by atoms with Crippen molar-refractivity contribution in [2.75, 3.05) is 0 Å². The SMILES string of the molecule is Cc1ccc(/C=C/S(=O)(=O)NCc2cccnc2-c2cccnc2)cc1. The van der Waals surface area contributed by atoms with E-state index in [0.29, 0.717) is 5.69 Å². The first-order valence-corrected chi connectivity index (χ1v) is 9.67. The van der Waals surface area contributed by atoms with Crippen LogP contribution in [0.5, 0.6) is 0 Å². The van der Waals surface area contributed by atoms with Crippen molar-refractivity contribution in [1.82, 2.24) is 14.7 Å². The lowest BCUT2D eigenvalue weighted by molar-refractivity contribution is 0.591. The van der Waals surface area contributed by atoms with Gasteiger partial charge in [-0.2, -0.15) is 0 Å². The van der Waals surface area contributed by atoms with Gasteiger partial charge in [-0.05, 0) is 42.3 Å². The second-order valence-corrected chi connectivity index (χ2v) is 7.48. The van der Waals surface area contributed by atoms with Gasteiger partial charge < -0.3 is 0 Å². The Morgan fingerprint density at radius 3 is 2.54 bits per heavy atom. The highest BCUT2D eigenvalue weighted by Gasteiger charge is 2.10. The molecule has 0 aliphatic carbocycles. The molecule has 0 radical (unpaired) electrons.